The molecule has 106 valence electrons. The lowest BCUT2D eigenvalue weighted by Gasteiger charge is -2.29. The van der Waals surface area contributed by atoms with Crippen LogP contribution in [0.2, 0.25) is 5.02 Å². The largest absolute Gasteiger partial charge is 0.313 e. The Morgan fingerprint density at radius 2 is 2.21 bits per heavy atom. The molecule has 0 aromatic heterocycles. The summed E-state index contributed by atoms with van der Waals surface area (Å²) in [5, 5.41) is 4.49. The summed E-state index contributed by atoms with van der Waals surface area (Å²) >= 11 is 6.08. The Hall–Kier alpha value is -0.570. The van der Waals surface area contributed by atoms with Gasteiger partial charge in [0, 0.05) is 23.7 Å². The molecule has 2 nitrogen and oxygen atoms in total. The topological polar surface area (TPSA) is 15.3 Å². The Morgan fingerprint density at radius 1 is 1.37 bits per heavy atom. The molecule has 1 heterocycles. The number of nitrogens with one attached hydrogen (secondary N) is 1. The van der Waals surface area contributed by atoms with Gasteiger partial charge in [-0.2, -0.15) is 0 Å². The van der Waals surface area contributed by atoms with E-state index in [4.69, 9.17) is 11.6 Å². The van der Waals surface area contributed by atoms with E-state index in [1.54, 1.807) is 0 Å². The van der Waals surface area contributed by atoms with E-state index in [9.17, 15) is 0 Å². The van der Waals surface area contributed by atoms with Crippen molar-refractivity contribution in [1.29, 1.82) is 0 Å². The van der Waals surface area contributed by atoms with Gasteiger partial charge in [-0.15, -0.1) is 0 Å². The molecular formula is C16H25ClN2. The van der Waals surface area contributed by atoms with Gasteiger partial charge in [0.15, 0.2) is 0 Å². The Kier molecular flexibility index (Phi) is 5.68. The lowest BCUT2D eigenvalue weighted by Crippen LogP contribution is -2.39. The smallest absolute Gasteiger partial charge is 0.0409 e. The first kappa shape index (κ1) is 14.8. The first-order valence-corrected chi connectivity index (χ1v) is 7.73. The maximum atomic E-state index is 6.08. The number of hydrogen-bond acceptors (Lipinski definition) is 2. The Labute approximate surface area is 122 Å². The van der Waals surface area contributed by atoms with Gasteiger partial charge in [-0.1, -0.05) is 36.6 Å². The number of hydrogen-bond donors (Lipinski definition) is 1. The molecule has 0 radical (unpaired) electrons. The summed E-state index contributed by atoms with van der Waals surface area (Å²) in [5.41, 5.74) is 1.30. The zero-order valence-corrected chi connectivity index (χ0v) is 12.8. The molecule has 1 aliphatic heterocycles. The zero-order valence-electron chi connectivity index (χ0n) is 12.0. The predicted molar refractivity (Wildman–Crippen MR) is 82.8 cm³/mol. The van der Waals surface area contributed by atoms with Crippen LogP contribution in [0.15, 0.2) is 24.3 Å². The van der Waals surface area contributed by atoms with Crippen LogP contribution in [0.1, 0.15) is 44.2 Å². The van der Waals surface area contributed by atoms with Gasteiger partial charge < -0.3 is 5.32 Å². The number of rotatable bonds is 4. The van der Waals surface area contributed by atoms with Crippen LogP contribution in [0.3, 0.4) is 0 Å². The van der Waals surface area contributed by atoms with Crippen molar-refractivity contribution in [3.8, 4) is 0 Å². The quantitative estimate of drug-likeness (QED) is 0.901. The summed E-state index contributed by atoms with van der Waals surface area (Å²) in [5.74, 6) is 0. The molecule has 1 fully saturated rings. The van der Waals surface area contributed by atoms with E-state index in [1.165, 1.54) is 37.8 Å². The fourth-order valence-corrected chi connectivity index (χ4v) is 2.98. The van der Waals surface area contributed by atoms with Crippen LogP contribution < -0.4 is 5.32 Å². The SMILES string of the molecule is CC(c1cccc(Cl)c1)N(C)CC1CCCCCN1. The van der Waals surface area contributed by atoms with Crippen molar-refractivity contribution in [3.63, 3.8) is 0 Å². The van der Waals surface area contributed by atoms with Crippen LogP contribution in [0.4, 0.5) is 0 Å². The van der Waals surface area contributed by atoms with Crippen molar-refractivity contribution >= 4 is 11.6 Å². The van der Waals surface area contributed by atoms with Gasteiger partial charge in [0.2, 0.25) is 0 Å². The van der Waals surface area contributed by atoms with Crippen LogP contribution in [0.5, 0.6) is 0 Å². The minimum absolute atomic E-state index is 0.406. The molecule has 1 N–H and O–H groups in total. The van der Waals surface area contributed by atoms with Crippen molar-refractivity contribution in [2.45, 2.75) is 44.7 Å². The first-order chi connectivity index (χ1) is 9.16. The van der Waals surface area contributed by atoms with E-state index in [-0.39, 0.29) is 0 Å². The monoisotopic (exact) mass is 280 g/mol. The van der Waals surface area contributed by atoms with E-state index in [0.717, 1.165) is 11.6 Å². The van der Waals surface area contributed by atoms with E-state index in [2.05, 4.69) is 36.3 Å². The fourth-order valence-electron chi connectivity index (χ4n) is 2.78. The van der Waals surface area contributed by atoms with E-state index >= 15 is 0 Å². The van der Waals surface area contributed by atoms with Gasteiger partial charge in [-0.3, -0.25) is 4.90 Å². The van der Waals surface area contributed by atoms with Gasteiger partial charge in [-0.25, -0.2) is 0 Å². The van der Waals surface area contributed by atoms with Crippen molar-refractivity contribution in [2.24, 2.45) is 0 Å². The highest BCUT2D eigenvalue weighted by molar-refractivity contribution is 6.30. The van der Waals surface area contributed by atoms with Crippen molar-refractivity contribution in [1.82, 2.24) is 10.2 Å². The molecule has 0 saturated carbocycles. The number of nitrogens with zero attached hydrogens (tertiary/aromatic N) is 1. The molecule has 19 heavy (non-hydrogen) atoms. The minimum atomic E-state index is 0.406. The molecule has 3 heteroatoms. The minimum Gasteiger partial charge on any atom is -0.313 e. The third kappa shape index (κ3) is 4.48. The molecule has 2 rings (SSSR count). The second kappa shape index (κ2) is 7.28. The standard InChI is InChI=1S/C16H25ClN2/c1-13(14-7-6-8-15(17)11-14)19(2)12-16-9-4-3-5-10-18-16/h6-8,11,13,16,18H,3-5,9-10,12H2,1-2H3. The van der Waals surface area contributed by atoms with E-state index < -0.39 is 0 Å². The molecule has 2 atom stereocenters. The van der Waals surface area contributed by atoms with Gasteiger partial charge in [-0.05, 0) is 51.1 Å². The van der Waals surface area contributed by atoms with Crippen molar-refractivity contribution in [3.05, 3.63) is 34.9 Å². The number of benzene rings is 1. The van der Waals surface area contributed by atoms with E-state index in [1.807, 2.05) is 12.1 Å². The second-order valence-electron chi connectivity index (χ2n) is 5.67. The molecule has 0 bridgehead atoms. The highest BCUT2D eigenvalue weighted by Gasteiger charge is 2.18. The lowest BCUT2D eigenvalue weighted by molar-refractivity contribution is 0.228. The van der Waals surface area contributed by atoms with Crippen molar-refractivity contribution < 1.29 is 0 Å². The third-order valence-electron chi connectivity index (χ3n) is 4.16. The summed E-state index contributed by atoms with van der Waals surface area (Å²) < 4.78 is 0. The summed E-state index contributed by atoms with van der Waals surface area (Å²) in [6.45, 7) is 4.53. The molecule has 1 aliphatic rings. The van der Waals surface area contributed by atoms with Crippen LogP contribution >= 0.6 is 11.6 Å². The lowest BCUT2D eigenvalue weighted by atomic mass is 10.1. The first-order valence-electron chi connectivity index (χ1n) is 7.36. The Bertz CT molecular complexity index is 386. The summed E-state index contributed by atoms with van der Waals surface area (Å²) in [6, 6.07) is 9.24. The summed E-state index contributed by atoms with van der Waals surface area (Å²) in [7, 11) is 2.21. The van der Waals surface area contributed by atoms with Gasteiger partial charge in [0.25, 0.3) is 0 Å². The average Bonchev–Trinajstić information content (AvgIpc) is 2.66. The molecule has 0 spiro atoms. The molecule has 1 saturated heterocycles. The highest BCUT2D eigenvalue weighted by atomic mass is 35.5. The van der Waals surface area contributed by atoms with Gasteiger partial charge in [0.05, 0.1) is 0 Å². The Balaban J connectivity index is 1.92. The third-order valence-corrected chi connectivity index (χ3v) is 4.40. The maximum absolute atomic E-state index is 6.08. The summed E-state index contributed by atoms with van der Waals surface area (Å²) in [6.07, 6.45) is 5.35. The Morgan fingerprint density at radius 3 is 3.00 bits per heavy atom. The van der Waals surface area contributed by atoms with Crippen LogP contribution in [0, 0.1) is 0 Å². The summed E-state index contributed by atoms with van der Waals surface area (Å²) in [4.78, 5) is 2.43. The maximum Gasteiger partial charge on any atom is 0.0409 e. The zero-order chi connectivity index (χ0) is 13.7. The van der Waals surface area contributed by atoms with Crippen LogP contribution in [0.25, 0.3) is 0 Å². The predicted octanol–water partition coefficient (Wildman–Crippen LogP) is 3.87. The second-order valence-corrected chi connectivity index (χ2v) is 6.11. The number of likely N-dealkylation sites (N-methyl/N-ethyl adjacent to an activating group) is 1. The van der Waals surface area contributed by atoms with Crippen LogP contribution in [-0.2, 0) is 0 Å². The molecule has 1 aromatic carbocycles. The molecule has 0 amide bonds. The average molecular weight is 281 g/mol. The van der Waals surface area contributed by atoms with Gasteiger partial charge in [0.1, 0.15) is 0 Å². The van der Waals surface area contributed by atoms with Crippen LogP contribution in [-0.4, -0.2) is 31.1 Å². The molecule has 1 aromatic rings. The highest BCUT2D eigenvalue weighted by Crippen LogP contribution is 2.22. The normalized spacial score (nSPS) is 22.2. The molecule has 0 aliphatic carbocycles. The molecular weight excluding hydrogens is 256 g/mol. The number of halogens is 1. The van der Waals surface area contributed by atoms with Gasteiger partial charge >= 0.3 is 0 Å². The van der Waals surface area contributed by atoms with Crippen molar-refractivity contribution in [2.75, 3.05) is 20.1 Å². The molecule has 2 unspecified atom stereocenters. The fraction of sp³-hybridized carbons (Fsp3) is 0.625. The van der Waals surface area contributed by atoms with E-state index in [0.29, 0.717) is 12.1 Å².